The molecule has 4 aromatic rings. The van der Waals surface area contributed by atoms with Crippen molar-refractivity contribution in [2.24, 2.45) is 7.05 Å². The summed E-state index contributed by atoms with van der Waals surface area (Å²) in [6, 6.07) is 12.1. The first kappa shape index (κ1) is 26.7. The number of aryl methyl sites for hydroxylation is 1. The van der Waals surface area contributed by atoms with Crippen LogP contribution in [0.5, 0.6) is 5.75 Å². The van der Waals surface area contributed by atoms with Gasteiger partial charge in [0.2, 0.25) is 0 Å². The number of aromatic nitrogens is 4. The molecule has 2 amide bonds. The predicted octanol–water partition coefficient (Wildman–Crippen LogP) is 3.08. The van der Waals surface area contributed by atoms with Crippen LogP contribution in [-0.4, -0.2) is 74.3 Å². The molecule has 0 fully saturated rings. The van der Waals surface area contributed by atoms with Gasteiger partial charge in [-0.1, -0.05) is 12.1 Å². The molecule has 0 spiro atoms. The standard InChI is InChI=1S/C28H30N6O6/c1-16(24-30-19-10-12-34(28(37)38)15-21(19)31-24)25-32-20-9-8-17(14-22(20)33(25)2)26(35)29-11-13-40-23-7-5-4-6-18(23)27(36)39-3/h4-9,14,16H,10-13,15H2,1-3H3,(H,29,35)(H,30,31)(H,37,38). The van der Waals surface area contributed by atoms with Gasteiger partial charge < -0.3 is 34.3 Å². The number of nitrogens with one attached hydrogen (secondary N) is 2. The summed E-state index contributed by atoms with van der Waals surface area (Å²) in [5, 5.41) is 12.1. The fraction of sp³-hybridized carbons (Fsp3) is 0.321. The Bertz CT molecular complexity index is 1590. The summed E-state index contributed by atoms with van der Waals surface area (Å²) in [7, 11) is 3.20. The number of amides is 2. The van der Waals surface area contributed by atoms with E-state index >= 15 is 0 Å². The Morgan fingerprint density at radius 2 is 1.98 bits per heavy atom. The molecule has 0 aliphatic carbocycles. The highest BCUT2D eigenvalue weighted by molar-refractivity contribution is 5.97. The SMILES string of the molecule is COC(=O)c1ccccc1OCCNC(=O)c1ccc2nc(C(C)c3nc4c([nH]3)CN(C(=O)O)CC4)n(C)c2c1. The molecule has 12 nitrogen and oxygen atoms in total. The first-order chi connectivity index (χ1) is 19.3. The zero-order valence-electron chi connectivity index (χ0n) is 22.4. The number of nitrogens with zero attached hydrogens (tertiary/aromatic N) is 4. The number of carbonyl (C=O) groups excluding carboxylic acids is 2. The molecule has 1 aliphatic rings. The average Bonchev–Trinajstić information content (AvgIpc) is 3.55. The van der Waals surface area contributed by atoms with Crippen LogP contribution in [0.2, 0.25) is 0 Å². The summed E-state index contributed by atoms with van der Waals surface area (Å²) in [5.74, 6) is 0.953. The zero-order chi connectivity index (χ0) is 28.4. The van der Waals surface area contributed by atoms with E-state index in [0.717, 1.165) is 34.1 Å². The van der Waals surface area contributed by atoms with Gasteiger partial charge in [-0.05, 0) is 37.3 Å². The molecule has 40 heavy (non-hydrogen) atoms. The number of benzene rings is 2. The van der Waals surface area contributed by atoms with Gasteiger partial charge in [-0.3, -0.25) is 4.79 Å². The molecule has 3 heterocycles. The quantitative estimate of drug-likeness (QED) is 0.225. The Labute approximate surface area is 229 Å². The highest BCUT2D eigenvalue weighted by Crippen LogP contribution is 2.28. The van der Waals surface area contributed by atoms with E-state index in [1.165, 1.54) is 12.0 Å². The number of fused-ring (bicyclic) bond motifs is 2. The minimum atomic E-state index is -0.943. The van der Waals surface area contributed by atoms with E-state index in [2.05, 4.69) is 10.3 Å². The number of methoxy groups -OCH3 is 1. The van der Waals surface area contributed by atoms with Crippen LogP contribution in [0, 0.1) is 0 Å². The van der Waals surface area contributed by atoms with Crippen LogP contribution in [0.3, 0.4) is 0 Å². The third kappa shape index (κ3) is 5.20. The predicted molar refractivity (Wildman–Crippen MR) is 145 cm³/mol. The van der Waals surface area contributed by atoms with Crippen molar-refractivity contribution in [1.29, 1.82) is 0 Å². The number of rotatable bonds is 8. The summed E-state index contributed by atoms with van der Waals surface area (Å²) in [6.07, 6.45) is -0.379. The van der Waals surface area contributed by atoms with Crippen LogP contribution in [-0.2, 0) is 24.8 Å². The maximum Gasteiger partial charge on any atom is 0.407 e. The normalized spacial score (nSPS) is 13.5. The first-order valence-corrected chi connectivity index (χ1v) is 12.9. The molecule has 2 aromatic heterocycles. The second kappa shape index (κ2) is 11.1. The molecule has 1 unspecified atom stereocenters. The molecule has 5 rings (SSSR count). The van der Waals surface area contributed by atoms with Crippen molar-refractivity contribution < 1.29 is 29.0 Å². The van der Waals surface area contributed by atoms with E-state index in [-0.39, 0.29) is 31.5 Å². The topological polar surface area (TPSA) is 152 Å². The summed E-state index contributed by atoms with van der Waals surface area (Å²) in [4.78, 5) is 50.3. The summed E-state index contributed by atoms with van der Waals surface area (Å²) in [5.41, 5.74) is 4.04. The number of hydrogen-bond acceptors (Lipinski definition) is 7. The third-order valence-electron chi connectivity index (χ3n) is 7.03. The lowest BCUT2D eigenvalue weighted by Gasteiger charge is -2.22. The van der Waals surface area contributed by atoms with Crippen molar-refractivity contribution in [2.75, 3.05) is 26.8 Å². The second-order valence-corrected chi connectivity index (χ2v) is 9.55. The van der Waals surface area contributed by atoms with Crippen LogP contribution in [0.4, 0.5) is 4.79 Å². The van der Waals surface area contributed by atoms with E-state index in [1.54, 1.807) is 36.4 Å². The second-order valence-electron chi connectivity index (χ2n) is 9.55. The van der Waals surface area contributed by atoms with E-state index in [1.807, 2.05) is 24.6 Å². The summed E-state index contributed by atoms with van der Waals surface area (Å²) in [6.45, 7) is 3.11. The molecule has 2 aromatic carbocycles. The van der Waals surface area contributed by atoms with Gasteiger partial charge in [0, 0.05) is 25.6 Å². The smallest absolute Gasteiger partial charge is 0.407 e. The largest absolute Gasteiger partial charge is 0.491 e. The fourth-order valence-corrected chi connectivity index (χ4v) is 4.84. The van der Waals surface area contributed by atoms with Crippen molar-refractivity contribution in [3.63, 3.8) is 0 Å². The minimum absolute atomic E-state index is 0.173. The highest BCUT2D eigenvalue weighted by Gasteiger charge is 2.26. The number of carbonyl (C=O) groups is 3. The molecule has 0 saturated carbocycles. The van der Waals surface area contributed by atoms with Gasteiger partial charge in [0.1, 0.15) is 29.6 Å². The fourth-order valence-electron chi connectivity index (χ4n) is 4.84. The summed E-state index contributed by atoms with van der Waals surface area (Å²) < 4.78 is 12.4. The molecular formula is C28H30N6O6. The van der Waals surface area contributed by atoms with E-state index in [9.17, 15) is 19.5 Å². The average molecular weight is 547 g/mol. The molecule has 0 bridgehead atoms. The van der Waals surface area contributed by atoms with Crippen molar-refractivity contribution in [3.8, 4) is 5.75 Å². The molecule has 3 N–H and O–H groups in total. The Balaban J connectivity index is 1.25. The maximum absolute atomic E-state index is 12.9. The monoisotopic (exact) mass is 546 g/mol. The number of esters is 1. The van der Waals surface area contributed by atoms with Gasteiger partial charge in [-0.25, -0.2) is 19.6 Å². The number of H-pyrrole nitrogens is 1. The number of imidazole rings is 2. The summed E-state index contributed by atoms with van der Waals surface area (Å²) >= 11 is 0. The highest BCUT2D eigenvalue weighted by atomic mass is 16.5. The van der Waals surface area contributed by atoms with Crippen LogP contribution in [0.25, 0.3) is 11.0 Å². The lowest BCUT2D eigenvalue weighted by atomic mass is 10.1. The van der Waals surface area contributed by atoms with Gasteiger partial charge in [0.25, 0.3) is 5.91 Å². The first-order valence-electron chi connectivity index (χ1n) is 12.9. The Kier molecular flexibility index (Phi) is 7.41. The minimum Gasteiger partial charge on any atom is -0.491 e. The molecule has 208 valence electrons. The van der Waals surface area contributed by atoms with E-state index < -0.39 is 12.1 Å². The van der Waals surface area contributed by atoms with Gasteiger partial charge in [0.05, 0.1) is 48.5 Å². The molecule has 0 saturated heterocycles. The van der Waals surface area contributed by atoms with Crippen molar-refractivity contribution in [2.45, 2.75) is 25.8 Å². The zero-order valence-corrected chi connectivity index (χ0v) is 22.4. The number of para-hydroxylation sites is 1. The maximum atomic E-state index is 12.9. The molecule has 1 aliphatic heterocycles. The van der Waals surface area contributed by atoms with Gasteiger partial charge in [-0.2, -0.15) is 0 Å². The van der Waals surface area contributed by atoms with Crippen LogP contribution in [0.1, 0.15) is 56.6 Å². The van der Waals surface area contributed by atoms with Crippen molar-refractivity contribution in [1.82, 2.24) is 29.7 Å². The van der Waals surface area contributed by atoms with Gasteiger partial charge in [-0.15, -0.1) is 0 Å². The lowest BCUT2D eigenvalue weighted by Crippen LogP contribution is -2.34. The Morgan fingerprint density at radius 3 is 2.75 bits per heavy atom. The van der Waals surface area contributed by atoms with Crippen LogP contribution in [0.15, 0.2) is 42.5 Å². The van der Waals surface area contributed by atoms with Crippen molar-refractivity contribution >= 4 is 29.0 Å². The lowest BCUT2D eigenvalue weighted by molar-refractivity contribution is 0.0595. The molecule has 0 radical (unpaired) electrons. The van der Waals surface area contributed by atoms with Gasteiger partial charge in [0.15, 0.2) is 0 Å². The molecule has 12 heteroatoms. The molecular weight excluding hydrogens is 516 g/mol. The number of hydrogen-bond donors (Lipinski definition) is 3. The number of aromatic amines is 1. The van der Waals surface area contributed by atoms with E-state index in [0.29, 0.717) is 29.8 Å². The van der Waals surface area contributed by atoms with Crippen LogP contribution >= 0.6 is 0 Å². The Morgan fingerprint density at radius 1 is 1.18 bits per heavy atom. The van der Waals surface area contributed by atoms with Crippen molar-refractivity contribution in [3.05, 3.63) is 76.6 Å². The van der Waals surface area contributed by atoms with Gasteiger partial charge >= 0.3 is 12.1 Å². The van der Waals surface area contributed by atoms with Crippen LogP contribution < -0.4 is 10.1 Å². The number of ether oxygens (including phenoxy) is 2. The van der Waals surface area contributed by atoms with E-state index in [4.69, 9.17) is 19.4 Å². The molecule has 1 atom stereocenters. The Hall–Kier alpha value is -4.87. The number of carboxylic acid groups (broad SMARTS) is 1. The third-order valence-corrected chi connectivity index (χ3v) is 7.03.